The minimum atomic E-state index is 0.222. The Bertz CT molecular complexity index is 433. The summed E-state index contributed by atoms with van der Waals surface area (Å²) < 4.78 is 1.61. The first-order valence-electron chi connectivity index (χ1n) is 4.63. The van der Waals surface area contributed by atoms with Gasteiger partial charge in [-0.1, -0.05) is 5.10 Å². The average molecular weight is 191 g/mol. The molecule has 14 heavy (non-hydrogen) atoms. The minimum absolute atomic E-state index is 0.222. The Labute approximate surface area is 80.0 Å². The van der Waals surface area contributed by atoms with Gasteiger partial charge in [-0.05, 0) is 23.3 Å². The molecule has 0 spiro atoms. The Kier molecular flexibility index (Phi) is 1.44. The second-order valence-corrected chi connectivity index (χ2v) is 3.52. The molecule has 1 N–H and O–H groups in total. The van der Waals surface area contributed by atoms with Crippen molar-refractivity contribution in [2.24, 2.45) is 0 Å². The highest BCUT2D eigenvalue weighted by Crippen LogP contribution is 2.27. The molecule has 72 valence electrons. The Morgan fingerprint density at radius 2 is 2.29 bits per heavy atom. The quantitative estimate of drug-likeness (QED) is 0.629. The van der Waals surface area contributed by atoms with Gasteiger partial charge in [0.2, 0.25) is 5.95 Å². The van der Waals surface area contributed by atoms with Gasteiger partial charge in [0, 0.05) is 17.7 Å². The van der Waals surface area contributed by atoms with Crippen molar-refractivity contribution in [3.63, 3.8) is 0 Å². The van der Waals surface area contributed by atoms with Crippen molar-refractivity contribution in [3.05, 3.63) is 11.3 Å². The van der Waals surface area contributed by atoms with Crippen molar-refractivity contribution in [2.75, 3.05) is 5.32 Å². The fourth-order valence-electron chi connectivity index (χ4n) is 1.90. The number of Topliss-reactive ketones (excluding diaryl/α,β-unsaturated/α-hetero) is 1. The second kappa shape index (κ2) is 2.63. The summed E-state index contributed by atoms with van der Waals surface area (Å²) in [5, 5.41) is 14.3. The molecule has 0 bridgehead atoms. The SMILES string of the molecule is O=C1CCCC2=C1Cn1nnnc1N2. The maximum atomic E-state index is 11.6. The van der Waals surface area contributed by atoms with E-state index in [0.29, 0.717) is 18.9 Å². The van der Waals surface area contributed by atoms with Gasteiger partial charge in [0.25, 0.3) is 0 Å². The van der Waals surface area contributed by atoms with Crippen LogP contribution < -0.4 is 5.32 Å². The van der Waals surface area contributed by atoms with E-state index in [1.165, 1.54) is 0 Å². The van der Waals surface area contributed by atoms with Gasteiger partial charge < -0.3 is 5.32 Å². The van der Waals surface area contributed by atoms with Crippen LogP contribution >= 0.6 is 0 Å². The molecule has 6 nitrogen and oxygen atoms in total. The summed E-state index contributed by atoms with van der Waals surface area (Å²) in [5.74, 6) is 0.860. The lowest BCUT2D eigenvalue weighted by Gasteiger charge is -2.24. The maximum absolute atomic E-state index is 11.6. The van der Waals surface area contributed by atoms with Crippen molar-refractivity contribution in [1.82, 2.24) is 20.2 Å². The van der Waals surface area contributed by atoms with E-state index in [-0.39, 0.29) is 5.78 Å². The van der Waals surface area contributed by atoms with E-state index < -0.39 is 0 Å². The number of allylic oxidation sites excluding steroid dienone is 2. The third-order valence-corrected chi connectivity index (χ3v) is 2.63. The summed E-state index contributed by atoms with van der Waals surface area (Å²) in [6.07, 6.45) is 2.50. The van der Waals surface area contributed by atoms with Crippen molar-refractivity contribution in [1.29, 1.82) is 0 Å². The number of carbonyl (C=O) groups excluding carboxylic acids is 1. The molecule has 0 unspecified atom stereocenters. The molecule has 3 rings (SSSR count). The topological polar surface area (TPSA) is 72.7 Å². The third-order valence-electron chi connectivity index (χ3n) is 2.63. The van der Waals surface area contributed by atoms with Crippen LogP contribution in [0.1, 0.15) is 19.3 Å². The minimum Gasteiger partial charge on any atom is -0.326 e. The molecule has 2 heterocycles. The molecular formula is C8H9N5O. The number of anilines is 1. The predicted octanol–water partition coefficient (Wildman–Crippen LogP) is 0.106. The van der Waals surface area contributed by atoms with E-state index in [2.05, 4.69) is 20.8 Å². The van der Waals surface area contributed by atoms with Gasteiger partial charge >= 0.3 is 0 Å². The van der Waals surface area contributed by atoms with Crippen LogP contribution in [0, 0.1) is 0 Å². The van der Waals surface area contributed by atoms with Crippen molar-refractivity contribution < 1.29 is 4.79 Å². The van der Waals surface area contributed by atoms with E-state index in [1.807, 2.05) is 0 Å². The molecule has 0 aromatic carbocycles. The van der Waals surface area contributed by atoms with Gasteiger partial charge in [0.1, 0.15) is 0 Å². The summed E-state index contributed by atoms with van der Waals surface area (Å²) in [6.45, 7) is 0.517. The molecule has 0 saturated heterocycles. The first-order valence-corrected chi connectivity index (χ1v) is 4.63. The number of carbonyl (C=O) groups is 1. The highest BCUT2D eigenvalue weighted by atomic mass is 16.1. The van der Waals surface area contributed by atoms with Crippen LogP contribution in [0.25, 0.3) is 0 Å². The number of rotatable bonds is 0. The van der Waals surface area contributed by atoms with E-state index in [9.17, 15) is 4.79 Å². The fourth-order valence-corrected chi connectivity index (χ4v) is 1.90. The summed E-state index contributed by atoms with van der Waals surface area (Å²) in [6, 6.07) is 0. The first-order chi connectivity index (χ1) is 6.84. The Morgan fingerprint density at radius 3 is 3.21 bits per heavy atom. The van der Waals surface area contributed by atoms with Crippen molar-refractivity contribution >= 4 is 11.7 Å². The summed E-state index contributed by atoms with van der Waals surface area (Å²) in [5.41, 5.74) is 1.85. The number of ketones is 1. The third kappa shape index (κ3) is 0.966. The zero-order chi connectivity index (χ0) is 9.54. The number of nitrogens with zero attached hydrogens (tertiary/aromatic N) is 4. The average Bonchev–Trinajstić information content (AvgIpc) is 2.62. The van der Waals surface area contributed by atoms with E-state index in [0.717, 1.165) is 24.1 Å². The van der Waals surface area contributed by atoms with Crippen LogP contribution in [-0.2, 0) is 11.3 Å². The number of fused-ring (bicyclic) bond motifs is 1. The summed E-state index contributed by atoms with van der Waals surface area (Å²) in [4.78, 5) is 11.6. The summed E-state index contributed by atoms with van der Waals surface area (Å²) in [7, 11) is 0. The molecule has 1 aliphatic heterocycles. The lowest BCUT2D eigenvalue weighted by Crippen LogP contribution is -2.26. The van der Waals surface area contributed by atoms with Gasteiger partial charge in [0.15, 0.2) is 5.78 Å². The van der Waals surface area contributed by atoms with Crippen LogP contribution in [0.3, 0.4) is 0 Å². The first kappa shape index (κ1) is 7.66. The number of tetrazole rings is 1. The monoisotopic (exact) mass is 191 g/mol. The predicted molar refractivity (Wildman–Crippen MR) is 47.3 cm³/mol. The van der Waals surface area contributed by atoms with Gasteiger partial charge in [-0.2, -0.15) is 0 Å². The van der Waals surface area contributed by atoms with Gasteiger partial charge in [-0.3, -0.25) is 4.79 Å². The van der Waals surface area contributed by atoms with Crippen LogP contribution in [0.4, 0.5) is 5.95 Å². The molecule has 1 aliphatic carbocycles. The number of hydrogen-bond donors (Lipinski definition) is 1. The van der Waals surface area contributed by atoms with E-state index in [1.54, 1.807) is 4.68 Å². The molecular weight excluding hydrogens is 182 g/mol. The van der Waals surface area contributed by atoms with Crippen molar-refractivity contribution in [2.45, 2.75) is 25.8 Å². The highest BCUT2D eigenvalue weighted by Gasteiger charge is 2.26. The molecule has 0 radical (unpaired) electrons. The Morgan fingerprint density at radius 1 is 1.36 bits per heavy atom. The van der Waals surface area contributed by atoms with Gasteiger partial charge in [-0.15, -0.1) is 0 Å². The molecule has 6 heteroatoms. The molecule has 0 amide bonds. The Balaban J connectivity index is 2.04. The van der Waals surface area contributed by atoms with Gasteiger partial charge in [0.05, 0.1) is 6.54 Å². The normalized spacial score (nSPS) is 20.1. The zero-order valence-electron chi connectivity index (χ0n) is 7.53. The highest BCUT2D eigenvalue weighted by molar-refractivity contribution is 5.97. The smallest absolute Gasteiger partial charge is 0.247 e. The van der Waals surface area contributed by atoms with Crippen LogP contribution in [0.5, 0.6) is 0 Å². The Hall–Kier alpha value is -1.72. The van der Waals surface area contributed by atoms with E-state index in [4.69, 9.17) is 0 Å². The molecule has 2 aliphatic rings. The van der Waals surface area contributed by atoms with E-state index >= 15 is 0 Å². The fraction of sp³-hybridized carbons (Fsp3) is 0.500. The van der Waals surface area contributed by atoms with Crippen LogP contribution in [-0.4, -0.2) is 26.0 Å². The zero-order valence-corrected chi connectivity index (χ0v) is 7.53. The number of hydrogen-bond acceptors (Lipinski definition) is 5. The molecule has 0 atom stereocenters. The van der Waals surface area contributed by atoms with Crippen LogP contribution in [0.2, 0.25) is 0 Å². The second-order valence-electron chi connectivity index (χ2n) is 3.52. The summed E-state index contributed by atoms with van der Waals surface area (Å²) >= 11 is 0. The molecule has 1 aromatic rings. The van der Waals surface area contributed by atoms with Crippen LogP contribution in [0.15, 0.2) is 11.3 Å². The van der Waals surface area contributed by atoms with Crippen molar-refractivity contribution in [3.8, 4) is 0 Å². The molecule has 0 saturated carbocycles. The lowest BCUT2D eigenvalue weighted by molar-refractivity contribution is -0.116. The van der Waals surface area contributed by atoms with Gasteiger partial charge in [-0.25, -0.2) is 4.68 Å². The largest absolute Gasteiger partial charge is 0.326 e. The maximum Gasteiger partial charge on any atom is 0.247 e. The lowest BCUT2D eigenvalue weighted by atomic mass is 9.94. The molecule has 1 aromatic heterocycles. The number of nitrogens with one attached hydrogen (secondary N) is 1. The number of aromatic nitrogens is 4. The standard InChI is InChI=1S/C8H9N5O/c14-7-3-1-2-6-5(7)4-13-8(9-6)10-11-12-13/h1-4H2,(H,9,10,12). The molecule has 0 fully saturated rings.